The van der Waals surface area contributed by atoms with Crippen LogP contribution in [0.1, 0.15) is 13.8 Å². The Kier molecular flexibility index (Phi) is 5.25. The number of nitrogens with zero attached hydrogens (tertiary/aromatic N) is 3. The van der Waals surface area contributed by atoms with Crippen LogP contribution < -0.4 is 13.9 Å². The molecule has 27 heavy (non-hydrogen) atoms. The maximum absolute atomic E-state index is 14.6. The smallest absolute Gasteiger partial charge is 0.149 e. The Hall–Kier alpha value is -1.83. The van der Waals surface area contributed by atoms with Gasteiger partial charge in [-0.1, -0.05) is 18.2 Å². The zero-order valence-electron chi connectivity index (χ0n) is 15.5. The van der Waals surface area contributed by atoms with Crippen molar-refractivity contribution < 1.29 is 8.78 Å². The van der Waals surface area contributed by atoms with Gasteiger partial charge in [0.25, 0.3) is 0 Å². The second-order valence-electron chi connectivity index (χ2n) is 7.27. The minimum absolute atomic E-state index is 0.277. The summed E-state index contributed by atoms with van der Waals surface area (Å²) in [6.45, 7) is 7.82. The molecule has 4 rings (SSSR count). The SMILES string of the molecule is CC1CN(CCN2SN(c3ccccc3F)c3cccc(F)c32)CC(C)N1. The van der Waals surface area contributed by atoms with Gasteiger partial charge in [0.1, 0.15) is 17.3 Å². The molecule has 1 fully saturated rings. The first-order chi connectivity index (χ1) is 13.0. The van der Waals surface area contributed by atoms with E-state index in [9.17, 15) is 8.78 Å². The third-order valence-electron chi connectivity index (χ3n) is 4.94. The molecule has 2 aromatic rings. The Morgan fingerprint density at radius 2 is 1.59 bits per heavy atom. The van der Waals surface area contributed by atoms with Crippen LogP contribution in [0.3, 0.4) is 0 Å². The van der Waals surface area contributed by atoms with E-state index in [1.165, 1.54) is 24.3 Å². The Morgan fingerprint density at radius 3 is 2.33 bits per heavy atom. The molecule has 2 aliphatic heterocycles. The minimum atomic E-state index is -0.313. The normalized spacial score (nSPS) is 23.0. The van der Waals surface area contributed by atoms with Crippen molar-refractivity contribution in [1.82, 2.24) is 10.2 Å². The number of hydrogen-bond acceptors (Lipinski definition) is 5. The van der Waals surface area contributed by atoms with Gasteiger partial charge in [0.15, 0.2) is 0 Å². The van der Waals surface area contributed by atoms with Crippen molar-refractivity contribution in [3.63, 3.8) is 0 Å². The van der Waals surface area contributed by atoms with Crippen molar-refractivity contribution in [1.29, 1.82) is 0 Å². The third-order valence-corrected chi connectivity index (χ3v) is 6.06. The third kappa shape index (κ3) is 3.77. The maximum Gasteiger partial charge on any atom is 0.149 e. The summed E-state index contributed by atoms with van der Waals surface area (Å²) in [7, 11) is 0. The highest BCUT2D eigenvalue weighted by Crippen LogP contribution is 2.50. The van der Waals surface area contributed by atoms with Crippen LogP contribution >= 0.6 is 12.1 Å². The Balaban J connectivity index is 1.55. The van der Waals surface area contributed by atoms with Gasteiger partial charge in [-0.2, -0.15) is 0 Å². The summed E-state index contributed by atoms with van der Waals surface area (Å²) in [5, 5.41) is 3.53. The number of piperazine rings is 1. The van der Waals surface area contributed by atoms with Gasteiger partial charge in [0, 0.05) is 38.3 Å². The van der Waals surface area contributed by atoms with Gasteiger partial charge < -0.3 is 5.32 Å². The van der Waals surface area contributed by atoms with Crippen molar-refractivity contribution in [2.24, 2.45) is 0 Å². The first-order valence-corrected chi connectivity index (χ1v) is 10.0. The molecule has 0 amide bonds. The molecule has 2 heterocycles. The molecule has 2 unspecified atom stereocenters. The van der Waals surface area contributed by atoms with Crippen LogP contribution in [0.25, 0.3) is 0 Å². The van der Waals surface area contributed by atoms with Gasteiger partial charge in [0.05, 0.1) is 23.5 Å². The quantitative estimate of drug-likeness (QED) is 0.789. The average molecular weight is 391 g/mol. The van der Waals surface area contributed by atoms with Crippen LogP contribution in [-0.2, 0) is 0 Å². The monoisotopic (exact) mass is 390 g/mol. The number of para-hydroxylation sites is 2. The van der Waals surface area contributed by atoms with Gasteiger partial charge in [-0.3, -0.25) is 13.5 Å². The summed E-state index contributed by atoms with van der Waals surface area (Å²) in [6.07, 6.45) is 0. The number of hydrogen-bond donors (Lipinski definition) is 1. The number of rotatable bonds is 4. The van der Waals surface area contributed by atoms with E-state index in [0.717, 1.165) is 19.6 Å². The van der Waals surface area contributed by atoms with Crippen LogP contribution in [-0.4, -0.2) is 43.2 Å². The molecule has 0 aliphatic carbocycles. The largest absolute Gasteiger partial charge is 0.309 e. The summed E-state index contributed by atoms with van der Waals surface area (Å²) in [5.74, 6) is -0.590. The van der Waals surface area contributed by atoms with Gasteiger partial charge in [-0.05, 0) is 38.1 Å². The highest BCUT2D eigenvalue weighted by atomic mass is 32.2. The molecule has 0 spiro atoms. The molecule has 0 radical (unpaired) electrons. The lowest BCUT2D eigenvalue weighted by atomic mass is 10.1. The lowest BCUT2D eigenvalue weighted by Gasteiger charge is -2.36. The Bertz CT molecular complexity index is 808. The van der Waals surface area contributed by atoms with Crippen molar-refractivity contribution >= 4 is 29.2 Å². The molecule has 2 atom stereocenters. The topological polar surface area (TPSA) is 21.8 Å². The average Bonchev–Trinajstić information content (AvgIpc) is 2.99. The van der Waals surface area contributed by atoms with Gasteiger partial charge in [-0.25, -0.2) is 8.78 Å². The van der Waals surface area contributed by atoms with E-state index in [4.69, 9.17) is 0 Å². The van der Waals surface area contributed by atoms with E-state index < -0.39 is 0 Å². The zero-order valence-corrected chi connectivity index (χ0v) is 16.3. The van der Waals surface area contributed by atoms with Crippen molar-refractivity contribution in [3.05, 3.63) is 54.1 Å². The number of halogens is 2. The second-order valence-corrected chi connectivity index (χ2v) is 8.23. The van der Waals surface area contributed by atoms with Crippen LogP contribution in [0.15, 0.2) is 42.5 Å². The number of benzene rings is 2. The molecule has 2 aromatic carbocycles. The molecule has 2 aliphatic rings. The van der Waals surface area contributed by atoms with Crippen molar-refractivity contribution in [2.45, 2.75) is 25.9 Å². The number of fused-ring (bicyclic) bond motifs is 1. The molecule has 1 saturated heterocycles. The Labute approximate surface area is 163 Å². The summed E-state index contributed by atoms with van der Waals surface area (Å²) < 4.78 is 32.7. The van der Waals surface area contributed by atoms with Crippen molar-refractivity contribution in [3.8, 4) is 0 Å². The zero-order chi connectivity index (χ0) is 19.0. The fraction of sp³-hybridized carbons (Fsp3) is 0.400. The van der Waals surface area contributed by atoms with Crippen molar-refractivity contribution in [2.75, 3.05) is 34.8 Å². The van der Waals surface area contributed by atoms with E-state index in [2.05, 4.69) is 24.1 Å². The molecule has 7 heteroatoms. The fourth-order valence-electron chi connectivity index (χ4n) is 3.90. The van der Waals surface area contributed by atoms with Gasteiger partial charge >= 0.3 is 0 Å². The van der Waals surface area contributed by atoms with E-state index in [1.807, 2.05) is 10.4 Å². The molecule has 144 valence electrons. The summed E-state index contributed by atoms with van der Waals surface area (Å²) in [5.41, 5.74) is 1.66. The highest BCUT2D eigenvalue weighted by molar-refractivity contribution is 8.02. The summed E-state index contributed by atoms with van der Waals surface area (Å²) in [6, 6.07) is 12.5. The first kappa shape index (κ1) is 18.5. The van der Waals surface area contributed by atoms with E-state index in [0.29, 0.717) is 35.7 Å². The predicted molar refractivity (Wildman–Crippen MR) is 108 cm³/mol. The van der Waals surface area contributed by atoms with Crippen LogP contribution in [0, 0.1) is 11.6 Å². The van der Waals surface area contributed by atoms with Crippen LogP contribution in [0.4, 0.5) is 25.8 Å². The standard InChI is InChI=1S/C20H24F2N4S/c1-14-12-24(13-15(2)23-14)10-11-25-20-17(22)7-5-9-19(20)26(27-25)18-8-4-3-6-16(18)21/h3-9,14-15,23H,10-13H2,1-2H3. The molecule has 0 aromatic heterocycles. The molecular formula is C20H24F2N4S. The molecule has 0 bridgehead atoms. The predicted octanol–water partition coefficient (Wildman–Crippen LogP) is 4.17. The maximum atomic E-state index is 14.6. The minimum Gasteiger partial charge on any atom is -0.309 e. The van der Waals surface area contributed by atoms with E-state index in [1.54, 1.807) is 28.6 Å². The van der Waals surface area contributed by atoms with Crippen LogP contribution in [0.2, 0.25) is 0 Å². The molecule has 4 nitrogen and oxygen atoms in total. The summed E-state index contributed by atoms with van der Waals surface area (Å²) >= 11 is 1.36. The second kappa shape index (κ2) is 7.66. The Morgan fingerprint density at radius 1 is 0.926 bits per heavy atom. The van der Waals surface area contributed by atoms with Crippen LogP contribution in [0.5, 0.6) is 0 Å². The fourth-order valence-corrected chi connectivity index (χ4v) is 4.99. The molecule has 0 saturated carbocycles. The first-order valence-electron chi connectivity index (χ1n) is 9.30. The van der Waals surface area contributed by atoms with E-state index in [-0.39, 0.29) is 11.6 Å². The lowest BCUT2D eigenvalue weighted by Crippen LogP contribution is -2.55. The number of nitrogens with one attached hydrogen (secondary N) is 1. The van der Waals surface area contributed by atoms with Gasteiger partial charge in [0.2, 0.25) is 0 Å². The lowest BCUT2D eigenvalue weighted by molar-refractivity contribution is 0.178. The van der Waals surface area contributed by atoms with E-state index >= 15 is 0 Å². The molecular weight excluding hydrogens is 366 g/mol. The summed E-state index contributed by atoms with van der Waals surface area (Å²) in [4.78, 5) is 2.40. The molecule has 1 N–H and O–H groups in total. The number of anilines is 3. The highest BCUT2D eigenvalue weighted by Gasteiger charge is 2.33. The van der Waals surface area contributed by atoms with Gasteiger partial charge in [-0.15, -0.1) is 0 Å².